The lowest BCUT2D eigenvalue weighted by Gasteiger charge is -2.07. The average Bonchev–Trinajstić information content (AvgIpc) is 2.61. The molecule has 2 aromatic rings. The Balaban J connectivity index is 1.83. The molecule has 1 aromatic carbocycles. The van der Waals surface area contributed by atoms with Crippen molar-refractivity contribution in [3.8, 4) is 6.07 Å². The van der Waals surface area contributed by atoms with Crippen molar-refractivity contribution in [2.24, 2.45) is 0 Å². The van der Waals surface area contributed by atoms with E-state index >= 15 is 0 Å². The van der Waals surface area contributed by atoms with Gasteiger partial charge in [-0.3, -0.25) is 4.79 Å². The summed E-state index contributed by atoms with van der Waals surface area (Å²) in [6, 6.07) is 9.69. The fraction of sp³-hybridized carbons (Fsp3) is 0.250. The van der Waals surface area contributed by atoms with Crippen LogP contribution < -0.4 is 10.6 Å². The molecule has 1 aromatic heterocycles. The smallest absolute Gasteiger partial charge is 0.244 e. The highest BCUT2D eigenvalue weighted by molar-refractivity contribution is 5.91. The first-order chi connectivity index (χ1) is 12.0. The first kappa shape index (κ1) is 18.2. The van der Waals surface area contributed by atoms with Crippen LogP contribution in [0.15, 0.2) is 36.5 Å². The maximum atomic E-state index is 11.9. The predicted octanol–water partition coefficient (Wildman–Crippen LogP) is 3.12. The molecular weight excluding hydrogens is 312 g/mol. The fourth-order valence-corrected chi connectivity index (χ4v) is 2.39. The highest BCUT2D eigenvalue weighted by atomic mass is 16.1. The molecule has 5 heteroatoms. The molecule has 0 radical (unpaired) electrons. The zero-order valence-electron chi connectivity index (χ0n) is 14.8. The summed E-state index contributed by atoms with van der Waals surface area (Å²) in [5, 5.41) is 14.8. The average molecular weight is 334 g/mol. The molecular formula is C20H22N4O. The standard InChI is InChI=1S/C20H22N4O/c1-14-11-16(3)17(12-15(14)2)6-7-19(25)22-9-10-24-20-18(13-21)5-4-8-23-20/h4-8,11-12H,9-10H2,1-3H3,(H,22,25)(H,23,24). The third kappa shape index (κ3) is 5.18. The molecule has 25 heavy (non-hydrogen) atoms. The molecule has 2 rings (SSSR count). The van der Waals surface area contributed by atoms with E-state index in [0.717, 1.165) is 11.1 Å². The van der Waals surface area contributed by atoms with E-state index in [2.05, 4.69) is 47.7 Å². The summed E-state index contributed by atoms with van der Waals surface area (Å²) in [7, 11) is 0. The van der Waals surface area contributed by atoms with E-state index < -0.39 is 0 Å². The van der Waals surface area contributed by atoms with Gasteiger partial charge in [0.15, 0.2) is 0 Å². The van der Waals surface area contributed by atoms with Gasteiger partial charge >= 0.3 is 0 Å². The second-order valence-electron chi connectivity index (χ2n) is 5.86. The summed E-state index contributed by atoms with van der Waals surface area (Å²) in [5.74, 6) is 0.376. The number of carbonyl (C=O) groups excluding carboxylic acids is 1. The molecule has 1 amide bonds. The largest absolute Gasteiger partial charge is 0.367 e. The van der Waals surface area contributed by atoms with Gasteiger partial charge < -0.3 is 10.6 Å². The van der Waals surface area contributed by atoms with E-state index in [1.54, 1.807) is 24.4 Å². The van der Waals surface area contributed by atoms with Crippen molar-refractivity contribution in [1.29, 1.82) is 5.26 Å². The summed E-state index contributed by atoms with van der Waals surface area (Å²) in [6.45, 7) is 7.11. The Morgan fingerprint density at radius 1 is 1.20 bits per heavy atom. The van der Waals surface area contributed by atoms with Crippen LogP contribution in [-0.2, 0) is 4.79 Å². The van der Waals surface area contributed by atoms with E-state index in [0.29, 0.717) is 24.5 Å². The maximum absolute atomic E-state index is 11.9. The van der Waals surface area contributed by atoms with E-state index in [9.17, 15) is 4.79 Å². The molecule has 0 spiro atoms. The van der Waals surface area contributed by atoms with Gasteiger partial charge in [0.1, 0.15) is 11.9 Å². The Morgan fingerprint density at radius 3 is 2.72 bits per heavy atom. The van der Waals surface area contributed by atoms with Crippen molar-refractivity contribution in [2.45, 2.75) is 20.8 Å². The fourth-order valence-electron chi connectivity index (χ4n) is 2.39. The van der Waals surface area contributed by atoms with E-state index in [-0.39, 0.29) is 5.91 Å². The molecule has 0 saturated heterocycles. The minimum Gasteiger partial charge on any atom is -0.367 e. The highest BCUT2D eigenvalue weighted by Crippen LogP contribution is 2.16. The number of carbonyl (C=O) groups is 1. The van der Waals surface area contributed by atoms with Crippen molar-refractivity contribution in [3.63, 3.8) is 0 Å². The number of amides is 1. The first-order valence-electron chi connectivity index (χ1n) is 8.14. The number of benzene rings is 1. The molecule has 0 atom stereocenters. The highest BCUT2D eigenvalue weighted by Gasteiger charge is 2.02. The minimum absolute atomic E-state index is 0.152. The van der Waals surface area contributed by atoms with Gasteiger partial charge in [-0.1, -0.05) is 12.1 Å². The Morgan fingerprint density at radius 2 is 1.96 bits per heavy atom. The van der Waals surface area contributed by atoms with E-state index in [1.807, 2.05) is 13.0 Å². The molecule has 1 heterocycles. The third-order valence-electron chi connectivity index (χ3n) is 3.94. The summed E-state index contributed by atoms with van der Waals surface area (Å²) in [5.41, 5.74) is 5.13. The predicted molar refractivity (Wildman–Crippen MR) is 100 cm³/mol. The van der Waals surface area contributed by atoms with Crippen molar-refractivity contribution in [2.75, 3.05) is 18.4 Å². The Kier molecular flexibility index (Phi) is 6.30. The van der Waals surface area contributed by atoms with Crippen LogP contribution >= 0.6 is 0 Å². The summed E-state index contributed by atoms with van der Waals surface area (Å²) in [6.07, 6.45) is 4.99. The lowest BCUT2D eigenvalue weighted by atomic mass is 10.0. The first-order valence-corrected chi connectivity index (χ1v) is 8.14. The molecule has 0 aliphatic carbocycles. The summed E-state index contributed by atoms with van der Waals surface area (Å²) >= 11 is 0. The zero-order valence-corrected chi connectivity index (χ0v) is 14.8. The number of nitriles is 1. The van der Waals surface area contributed by atoms with Crippen LogP contribution in [0, 0.1) is 32.1 Å². The van der Waals surface area contributed by atoms with Crippen LogP contribution in [0.2, 0.25) is 0 Å². The van der Waals surface area contributed by atoms with Gasteiger partial charge in [0.25, 0.3) is 0 Å². The lowest BCUT2D eigenvalue weighted by Crippen LogP contribution is -2.27. The molecule has 0 saturated carbocycles. The number of hydrogen-bond acceptors (Lipinski definition) is 4. The number of pyridine rings is 1. The van der Waals surface area contributed by atoms with Crippen LogP contribution in [0.3, 0.4) is 0 Å². The molecule has 0 aliphatic heterocycles. The Labute approximate surface area is 148 Å². The van der Waals surface area contributed by atoms with Crippen LogP contribution in [0.4, 0.5) is 5.82 Å². The van der Waals surface area contributed by atoms with Gasteiger partial charge in [-0.2, -0.15) is 5.26 Å². The maximum Gasteiger partial charge on any atom is 0.244 e. The van der Waals surface area contributed by atoms with Gasteiger partial charge in [0.05, 0.1) is 5.56 Å². The number of aromatic nitrogens is 1. The topological polar surface area (TPSA) is 77.8 Å². The number of nitrogens with one attached hydrogen (secondary N) is 2. The number of nitrogens with zero attached hydrogens (tertiary/aromatic N) is 2. The van der Waals surface area contributed by atoms with Crippen molar-refractivity contribution < 1.29 is 4.79 Å². The van der Waals surface area contributed by atoms with E-state index in [4.69, 9.17) is 5.26 Å². The molecule has 0 bridgehead atoms. The van der Waals surface area contributed by atoms with Crippen LogP contribution in [0.25, 0.3) is 6.08 Å². The quantitative estimate of drug-likeness (QED) is 0.628. The van der Waals surface area contributed by atoms with Crippen LogP contribution in [0.5, 0.6) is 0 Å². The Bertz CT molecular complexity index is 834. The Hall–Kier alpha value is -3.13. The van der Waals surface area contributed by atoms with Crippen molar-refractivity contribution in [3.05, 3.63) is 64.4 Å². The number of hydrogen-bond donors (Lipinski definition) is 2. The zero-order chi connectivity index (χ0) is 18.2. The molecule has 128 valence electrons. The van der Waals surface area contributed by atoms with Crippen LogP contribution in [-0.4, -0.2) is 24.0 Å². The second kappa shape index (κ2) is 8.65. The summed E-state index contributed by atoms with van der Waals surface area (Å²) in [4.78, 5) is 16.0. The van der Waals surface area contributed by atoms with Crippen molar-refractivity contribution in [1.82, 2.24) is 10.3 Å². The van der Waals surface area contributed by atoms with Crippen molar-refractivity contribution >= 4 is 17.8 Å². The second-order valence-corrected chi connectivity index (χ2v) is 5.86. The van der Waals surface area contributed by atoms with Gasteiger partial charge in [-0.05, 0) is 61.2 Å². The minimum atomic E-state index is -0.152. The SMILES string of the molecule is Cc1cc(C)c(C=CC(=O)NCCNc2ncccc2C#N)cc1C. The monoisotopic (exact) mass is 334 g/mol. The van der Waals surface area contributed by atoms with Gasteiger partial charge in [-0.25, -0.2) is 4.98 Å². The molecule has 5 nitrogen and oxygen atoms in total. The number of anilines is 1. The number of rotatable bonds is 6. The summed E-state index contributed by atoms with van der Waals surface area (Å²) < 4.78 is 0. The van der Waals surface area contributed by atoms with E-state index in [1.165, 1.54) is 11.1 Å². The van der Waals surface area contributed by atoms with Gasteiger partial charge in [0, 0.05) is 25.4 Å². The molecule has 0 fully saturated rings. The third-order valence-corrected chi connectivity index (χ3v) is 3.94. The normalized spacial score (nSPS) is 10.5. The molecule has 0 unspecified atom stereocenters. The molecule has 0 aliphatic rings. The van der Waals surface area contributed by atoms with Gasteiger partial charge in [0.2, 0.25) is 5.91 Å². The van der Waals surface area contributed by atoms with Crippen LogP contribution in [0.1, 0.15) is 27.8 Å². The van der Waals surface area contributed by atoms with Gasteiger partial charge in [-0.15, -0.1) is 0 Å². The molecule has 2 N–H and O–H groups in total. The number of aryl methyl sites for hydroxylation is 3. The lowest BCUT2D eigenvalue weighted by molar-refractivity contribution is -0.116.